The summed E-state index contributed by atoms with van der Waals surface area (Å²) in [6.07, 6.45) is 0. The zero-order valence-electron chi connectivity index (χ0n) is 14.8. The van der Waals surface area contributed by atoms with E-state index in [1.807, 2.05) is 6.07 Å². The van der Waals surface area contributed by atoms with Gasteiger partial charge in [-0.05, 0) is 18.6 Å². The third-order valence-electron chi connectivity index (χ3n) is 3.83. The summed E-state index contributed by atoms with van der Waals surface area (Å²) in [7, 11) is 0. The number of azo groups is 1. The molecule has 142 valence electrons. The van der Waals surface area contributed by atoms with Crippen LogP contribution in [-0.4, -0.2) is 27.6 Å². The van der Waals surface area contributed by atoms with Crippen molar-refractivity contribution < 1.29 is 19.6 Å². The van der Waals surface area contributed by atoms with Gasteiger partial charge in [0.15, 0.2) is 11.4 Å². The Balaban J connectivity index is 2.12. The Kier molecular flexibility index (Phi) is 5.45. The second-order valence-electron chi connectivity index (χ2n) is 5.60. The number of carbonyl (C=O) groups excluding carboxylic acids is 1. The van der Waals surface area contributed by atoms with Crippen molar-refractivity contribution >= 4 is 23.0 Å². The number of esters is 1. The first-order valence-electron chi connectivity index (χ1n) is 8.35. The molecule has 0 bridgehead atoms. The van der Waals surface area contributed by atoms with Gasteiger partial charge in [0, 0.05) is 6.07 Å². The molecule has 0 saturated heterocycles. The van der Waals surface area contributed by atoms with Gasteiger partial charge in [-0.15, -0.1) is 10.2 Å². The molecular weight excluding hydrogens is 364 g/mol. The number of aromatic nitrogens is 1. The summed E-state index contributed by atoms with van der Waals surface area (Å²) in [6, 6.07) is 14.6. The highest BCUT2D eigenvalue weighted by molar-refractivity contribution is 6.03. The number of para-hydroxylation sites is 1. The lowest BCUT2D eigenvalue weighted by atomic mass is 10.1. The van der Waals surface area contributed by atoms with Crippen LogP contribution in [0.25, 0.3) is 11.3 Å². The molecule has 0 radical (unpaired) electrons. The predicted molar refractivity (Wildman–Crippen MR) is 101 cm³/mol. The van der Waals surface area contributed by atoms with Crippen molar-refractivity contribution in [3.05, 3.63) is 70.3 Å². The summed E-state index contributed by atoms with van der Waals surface area (Å²) in [4.78, 5) is 25.7. The lowest BCUT2D eigenvalue weighted by Gasteiger charge is -2.04. The smallest absolute Gasteiger partial charge is 0.342 e. The summed E-state index contributed by atoms with van der Waals surface area (Å²) in [5.74, 6) is -1.10. The normalized spacial score (nSPS) is 10.9. The molecular formula is C19H16N4O5. The quantitative estimate of drug-likeness (QED) is 0.272. The van der Waals surface area contributed by atoms with Crippen LogP contribution in [0.5, 0.6) is 5.88 Å². The van der Waals surface area contributed by atoms with Crippen molar-refractivity contribution in [3.8, 4) is 17.1 Å². The molecule has 1 aromatic heterocycles. The van der Waals surface area contributed by atoms with Crippen molar-refractivity contribution in [3.63, 3.8) is 0 Å². The fourth-order valence-corrected chi connectivity index (χ4v) is 2.60. The minimum absolute atomic E-state index is 0.00659. The summed E-state index contributed by atoms with van der Waals surface area (Å²) in [6.45, 7) is 1.78. The number of ether oxygens (including phenoxy) is 1. The highest BCUT2D eigenvalue weighted by Crippen LogP contribution is 2.40. The number of hydrogen-bond donors (Lipinski definition) is 2. The van der Waals surface area contributed by atoms with E-state index < -0.39 is 16.8 Å². The van der Waals surface area contributed by atoms with Crippen LogP contribution in [0.1, 0.15) is 17.3 Å². The van der Waals surface area contributed by atoms with E-state index in [1.165, 1.54) is 18.2 Å². The zero-order valence-corrected chi connectivity index (χ0v) is 14.8. The number of rotatable bonds is 6. The number of nitrogens with zero attached hydrogens (tertiary/aromatic N) is 3. The van der Waals surface area contributed by atoms with E-state index in [0.717, 1.165) is 0 Å². The van der Waals surface area contributed by atoms with Gasteiger partial charge < -0.3 is 14.8 Å². The van der Waals surface area contributed by atoms with Crippen molar-refractivity contribution in [2.45, 2.75) is 6.92 Å². The van der Waals surface area contributed by atoms with Crippen LogP contribution < -0.4 is 0 Å². The van der Waals surface area contributed by atoms with Gasteiger partial charge >= 0.3 is 5.97 Å². The molecule has 0 fully saturated rings. The molecule has 3 aromatic rings. The molecule has 0 atom stereocenters. The first kappa shape index (κ1) is 18.8. The van der Waals surface area contributed by atoms with Gasteiger partial charge in [-0.3, -0.25) is 10.1 Å². The predicted octanol–water partition coefficient (Wildman–Crippen LogP) is 4.89. The Hall–Kier alpha value is -4.01. The third kappa shape index (κ3) is 3.73. The Morgan fingerprint density at radius 3 is 2.50 bits per heavy atom. The molecule has 0 aliphatic rings. The molecule has 9 nitrogen and oxygen atoms in total. The molecule has 28 heavy (non-hydrogen) atoms. The first-order chi connectivity index (χ1) is 13.5. The molecule has 0 unspecified atom stereocenters. The van der Waals surface area contributed by atoms with Crippen LogP contribution in [0.2, 0.25) is 0 Å². The number of benzene rings is 2. The van der Waals surface area contributed by atoms with Crippen molar-refractivity contribution in [2.75, 3.05) is 6.61 Å². The molecule has 0 aliphatic heterocycles. The molecule has 3 rings (SSSR count). The van der Waals surface area contributed by atoms with Crippen LogP contribution in [0.15, 0.2) is 64.8 Å². The standard InChI is InChI=1S/C19H16N4O5/c1-2-28-19(25)15-16(12-8-4-3-5-9-12)20-18(24)17(15)22-21-13-10-6-7-11-14(13)23(26)27/h3-11,20,24H,2H2,1H3. The minimum atomic E-state index is -0.700. The molecule has 0 aliphatic carbocycles. The summed E-state index contributed by atoms with van der Waals surface area (Å²) in [5, 5.41) is 29.2. The third-order valence-corrected chi connectivity index (χ3v) is 3.83. The van der Waals surface area contributed by atoms with Crippen molar-refractivity contribution in [2.24, 2.45) is 10.2 Å². The number of hydrogen-bond acceptors (Lipinski definition) is 7. The number of carbonyl (C=O) groups is 1. The SMILES string of the molecule is CCOC(=O)c1c(-c2ccccc2)[nH]c(O)c1N=Nc1ccccc1[N+](=O)[O-]. The van der Waals surface area contributed by atoms with Crippen LogP contribution in [0.4, 0.5) is 17.1 Å². The summed E-state index contributed by atoms with van der Waals surface area (Å²) >= 11 is 0. The number of nitro benzene ring substituents is 1. The Labute approximate surface area is 159 Å². The number of nitro groups is 1. The molecule has 9 heteroatoms. The Bertz CT molecular complexity index is 1040. The van der Waals surface area contributed by atoms with Gasteiger partial charge in [-0.1, -0.05) is 42.5 Å². The topological polar surface area (TPSA) is 130 Å². The Morgan fingerprint density at radius 1 is 1.14 bits per heavy atom. The van der Waals surface area contributed by atoms with Gasteiger partial charge in [0.1, 0.15) is 5.56 Å². The highest BCUT2D eigenvalue weighted by atomic mass is 16.6. The van der Waals surface area contributed by atoms with E-state index in [2.05, 4.69) is 15.2 Å². The first-order valence-corrected chi connectivity index (χ1v) is 8.35. The van der Waals surface area contributed by atoms with E-state index in [0.29, 0.717) is 11.3 Å². The van der Waals surface area contributed by atoms with Gasteiger partial charge in [0.05, 0.1) is 17.2 Å². The van der Waals surface area contributed by atoms with Crippen LogP contribution in [0.3, 0.4) is 0 Å². The zero-order chi connectivity index (χ0) is 20.1. The average Bonchev–Trinajstić information content (AvgIpc) is 3.03. The fourth-order valence-electron chi connectivity index (χ4n) is 2.60. The largest absolute Gasteiger partial charge is 0.493 e. The second kappa shape index (κ2) is 8.12. The van der Waals surface area contributed by atoms with Gasteiger partial charge in [0.25, 0.3) is 5.69 Å². The lowest BCUT2D eigenvalue weighted by Crippen LogP contribution is -2.05. The number of H-pyrrole nitrogens is 1. The summed E-state index contributed by atoms with van der Waals surface area (Å²) < 4.78 is 5.08. The van der Waals surface area contributed by atoms with E-state index in [-0.39, 0.29) is 29.2 Å². The van der Waals surface area contributed by atoms with Crippen molar-refractivity contribution in [1.82, 2.24) is 4.98 Å². The monoisotopic (exact) mass is 380 g/mol. The average molecular weight is 380 g/mol. The van der Waals surface area contributed by atoms with E-state index in [1.54, 1.807) is 37.3 Å². The van der Waals surface area contributed by atoms with Gasteiger partial charge in [0.2, 0.25) is 5.88 Å². The molecule has 0 amide bonds. The van der Waals surface area contributed by atoms with E-state index in [4.69, 9.17) is 4.74 Å². The number of aromatic hydroxyl groups is 1. The molecule has 2 N–H and O–H groups in total. The summed E-state index contributed by atoms with van der Waals surface area (Å²) in [5.41, 5.74) is 0.524. The molecule has 1 heterocycles. The number of aromatic amines is 1. The maximum atomic E-state index is 12.5. The van der Waals surface area contributed by atoms with E-state index in [9.17, 15) is 20.0 Å². The minimum Gasteiger partial charge on any atom is -0.493 e. The molecule has 0 saturated carbocycles. The number of nitrogens with one attached hydrogen (secondary N) is 1. The molecule has 0 spiro atoms. The maximum absolute atomic E-state index is 12.5. The van der Waals surface area contributed by atoms with Crippen LogP contribution in [0, 0.1) is 10.1 Å². The fraction of sp³-hybridized carbons (Fsp3) is 0.105. The maximum Gasteiger partial charge on any atom is 0.342 e. The van der Waals surface area contributed by atoms with Crippen molar-refractivity contribution in [1.29, 1.82) is 0 Å². The van der Waals surface area contributed by atoms with Crippen LogP contribution in [-0.2, 0) is 4.74 Å². The second-order valence-corrected chi connectivity index (χ2v) is 5.60. The molecule has 2 aromatic carbocycles. The highest BCUT2D eigenvalue weighted by Gasteiger charge is 2.26. The Morgan fingerprint density at radius 2 is 1.82 bits per heavy atom. The van der Waals surface area contributed by atoms with Gasteiger partial charge in [-0.2, -0.15) is 0 Å². The lowest BCUT2D eigenvalue weighted by molar-refractivity contribution is -0.384. The van der Waals surface area contributed by atoms with E-state index >= 15 is 0 Å². The van der Waals surface area contributed by atoms with Gasteiger partial charge in [-0.25, -0.2) is 4.79 Å². The van der Waals surface area contributed by atoms with Crippen LogP contribution >= 0.6 is 0 Å².